The number of likely N-dealkylation sites (tertiary alicyclic amines) is 1. The molecule has 0 aromatic heterocycles. The minimum absolute atomic E-state index is 0. The van der Waals surface area contributed by atoms with Gasteiger partial charge in [0.1, 0.15) is 0 Å². The van der Waals surface area contributed by atoms with Gasteiger partial charge in [0, 0.05) is 25.3 Å². The molecule has 0 aliphatic carbocycles. The van der Waals surface area contributed by atoms with Crippen molar-refractivity contribution in [2.24, 2.45) is 5.92 Å². The number of hydrogen-bond acceptors (Lipinski definition) is 3. The van der Waals surface area contributed by atoms with Crippen LogP contribution in [0.4, 0.5) is 5.69 Å². The Bertz CT molecular complexity index is 628. The molecule has 0 unspecified atom stereocenters. The van der Waals surface area contributed by atoms with Crippen LogP contribution in [0.15, 0.2) is 54.6 Å². The van der Waals surface area contributed by atoms with Gasteiger partial charge in [0.05, 0.1) is 0 Å². The van der Waals surface area contributed by atoms with E-state index in [-0.39, 0.29) is 24.8 Å². The first-order valence-electron chi connectivity index (χ1n) is 8.98. The summed E-state index contributed by atoms with van der Waals surface area (Å²) in [5.41, 5.74) is 9.48. The molecular weight excluding hydrogens is 365 g/mol. The summed E-state index contributed by atoms with van der Waals surface area (Å²) < 4.78 is 0. The average molecular weight is 396 g/mol. The van der Waals surface area contributed by atoms with Gasteiger partial charge in [-0.2, -0.15) is 0 Å². The Kier molecular flexibility index (Phi) is 10.0. The summed E-state index contributed by atoms with van der Waals surface area (Å²) in [7, 11) is 2.24. The van der Waals surface area contributed by atoms with E-state index < -0.39 is 0 Å². The van der Waals surface area contributed by atoms with Crippen molar-refractivity contribution in [2.75, 3.05) is 32.4 Å². The molecule has 2 aromatic rings. The van der Waals surface area contributed by atoms with Crippen molar-refractivity contribution in [3.8, 4) is 0 Å². The quantitative estimate of drug-likeness (QED) is 0.732. The highest BCUT2D eigenvalue weighted by molar-refractivity contribution is 5.85. The molecule has 0 amide bonds. The first-order chi connectivity index (χ1) is 11.7. The maximum atomic E-state index is 5.88. The topological polar surface area (TPSA) is 32.5 Å². The molecular formula is C21H31Cl2N3. The van der Waals surface area contributed by atoms with Gasteiger partial charge >= 0.3 is 0 Å². The van der Waals surface area contributed by atoms with E-state index >= 15 is 0 Å². The molecule has 3 rings (SSSR count). The lowest BCUT2D eigenvalue weighted by Gasteiger charge is -2.34. The van der Waals surface area contributed by atoms with Gasteiger partial charge in [-0.15, -0.1) is 24.8 Å². The number of benzene rings is 2. The van der Waals surface area contributed by atoms with Crippen LogP contribution in [0.1, 0.15) is 24.0 Å². The fraction of sp³-hybridized carbons (Fsp3) is 0.429. The van der Waals surface area contributed by atoms with Gasteiger partial charge in [-0.3, -0.25) is 4.90 Å². The third kappa shape index (κ3) is 7.16. The molecule has 1 heterocycles. The molecule has 0 radical (unpaired) electrons. The Hall–Kier alpha value is -1.26. The van der Waals surface area contributed by atoms with Crippen LogP contribution in [0, 0.1) is 5.92 Å². The molecule has 144 valence electrons. The lowest BCUT2D eigenvalue weighted by Crippen LogP contribution is -2.37. The van der Waals surface area contributed by atoms with Gasteiger partial charge in [-0.25, -0.2) is 0 Å². The fourth-order valence-corrected chi connectivity index (χ4v) is 3.68. The highest BCUT2D eigenvalue weighted by Crippen LogP contribution is 2.21. The molecule has 2 N–H and O–H groups in total. The van der Waals surface area contributed by atoms with Gasteiger partial charge < -0.3 is 10.6 Å². The van der Waals surface area contributed by atoms with Gasteiger partial charge in [0.2, 0.25) is 0 Å². The van der Waals surface area contributed by atoms with Crippen LogP contribution < -0.4 is 5.73 Å². The van der Waals surface area contributed by atoms with E-state index in [1.54, 1.807) is 0 Å². The Labute approximate surface area is 170 Å². The number of hydrogen-bond donors (Lipinski definition) is 1. The van der Waals surface area contributed by atoms with E-state index in [4.69, 9.17) is 5.73 Å². The van der Waals surface area contributed by atoms with Gasteiger partial charge in [-0.05, 0) is 62.2 Å². The molecule has 0 saturated carbocycles. The van der Waals surface area contributed by atoms with Crippen molar-refractivity contribution in [1.82, 2.24) is 9.80 Å². The molecule has 5 heteroatoms. The minimum atomic E-state index is 0. The summed E-state index contributed by atoms with van der Waals surface area (Å²) >= 11 is 0. The largest absolute Gasteiger partial charge is 0.399 e. The normalized spacial score (nSPS) is 15.3. The molecule has 2 aromatic carbocycles. The molecule has 26 heavy (non-hydrogen) atoms. The van der Waals surface area contributed by atoms with Crippen molar-refractivity contribution >= 4 is 30.5 Å². The second-order valence-corrected chi connectivity index (χ2v) is 7.15. The summed E-state index contributed by atoms with van der Waals surface area (Å²) in [4.78, 5) is 5.02. The zero-order valence-corrected chi connectivity index (χ0v) is 17.1. The third-order valence-electron chi connectivity index (χ3n) is 4.93. The number of nitrogens with two attached hydrogens (primary N) is 1. The predicted molar refractivity (Wildman–Crippen MR) is 116 cm³/mol. The molecule has 3 nitrogen and oxygen atoms in total. The summed E-state index contributed by atoms with van der Waals surface area (Å²) in [6.07, 6.45) is 2.59. The molecule has 1 aliphatic rings. The van der Waals surface area contributed by atoms with Crippen LogP contribution in [-0.2, 0) is 13.1 Å². The maximum Gasteiger partial charge on any atom is 0.0317 e. The third-order valence-corrected chi connectivity index (χ3v) is 4.93. The van der Waals surface area contributed by atoms with E-state index in [2.05, 4.69) is 65.4 Å². The van der Waals surface area contributed by atoms with Crippen LogP contribution in [0.3, 0.4) is 0 Å². The highest BCUT2D eigenvalue weighted by atomic mass is 35.5. The second kappa shape index (κ2) is 11.5. The van der Waals surface area contributed by atoms with Gasteiger partial charge in [0.15, 0.2) is 0 Å². The van der Waals surface area contributed by atoms with Crippen LogP contribution in [0.2, 0.25) is 0 Å². The average Bonchev–Trinajstić information content (AvgIpc) is 2.57. The highest BCUT2D eigenvalue weighted by Gasteiger charge is 2.20. The van der Waals surface area contributed by atoms with Crippen LogP contribution in [0.5, 0.6) is 0 Å². The minimum Gasteiger partial charge on any atom is -0.399 e. The lowest BCUT2D eigenvalue weighted by molar-refractivity contribution is 0.147. The van der Waals surface area contributed by atoms with E-state index in [1.165, 1.54) is 43.6 Å². The van der Waals surface area contributed by atoms with Crippen LogP contribution in [-0.4, -0.2) is 36.5 Å². The Morgan fingerprint density at radius 2 is 1.62 bits per heavy atom. The molecule has 0 spiro atoms. The fourth-order valence-electron chi connectivity index (χ4n) is 3.68. The number of nitrogens with zero attached hydrogens (tertiary/aromatic N) is 2. The molecule has 1 aliphatic heterocycles. The van der Waals surface area contributed by atoms with Crippen molar-refractivity contribution in [1.29, 1.82) is 0 Å². The second-order valence-electron chi connectivity index (χ2n) is 7.15. The first kappa shape index (κ1) is 22.8. The Morgan fingerprint density at radius 3 is 2.27 bits per heavy atom. The van der Waals surface area contributed by atoms with Gasteiger partial charge in [0.25, 0.3) is 0 Å². The molecule has 1 fully saturated rings. The molecule has 0 atom stereocenters. The Morgan fingerprint density at radius 1 is 0.962 bits per heavy atom. The zero-order valence-electron chi connectivity index (χ0n) is 15.5. The van der Waals surface area contributed by atoms with Crippen molar-refractivity contribution in [3.05, 3.63) is 65.7 Å². The van der Waals surface area contributed by atoms with Crippen molar-refractivity contribution in [2.45, 2.75) is 25.9 Å². The number of halogens is 2. The predicted octanol–water partition coefficient (Wildman–Crippen LogP) is 4.46. The van der Waals surface area contributed by atoms with Crippen LogP contribution >= 0.6 is 24.8 Å². The van der Waals surface area contributed by atoms with E-state index in [9.17, 15) is 0 Å². The summed E-state index contributed by atoms with van der Waals surface area (Å²) in [5.74, 6) is 0.816. The summed E-state index contributed by atoms with van der Waals surface area (Å²) in [5, 5.41) is 0. The summed E-state index contributed by atoms with van der Waals surface area (Å²) in [6, 6.07) is 19.0. The van der Waals surface area contributed by atoms with Crippen LogP contribution in [0.25, 0.3) is 0 Å². The van der Waals surface area contributed by atoms with E-state index in [1.807, 2.05) is 6.07 Å². The summed E-state index contributed by atoms with van der Waals surface area (Å²) in [6.45, 7) is 5.65. The van der Waals surface area contributed by atoms with Gasteiger partial charge in [-0.1, -0.05) is 42.5 Å². The Balaban J connectivity index is 0.00000169. The smallest absolute Gasteiger partial charge is 0.0317 e. The SMILES string of the molecule is CN(Cc1ccccc1)CC1CCN(Cc2cccc(N)c2)CC1.Cl.Cl. The number of rotatable bonds is 6. The monoisotopic (exact) mass is 395 g/mol. The number of piperidine rings is 1. The van der Waals surface area contributed by atoms with Crippen molar-refractivity contribution < 1.29 is 0 Å². The van der Waals surface area contributed by atoms with E-state index in [0.29, 0.717) is 0 Å². The van der Waals surface area contributed by atoms with E-state index in [0.717, 1.165) is 24.7 Å². The van der Waals surface area contributed by atoms with Crippen molar-refractivity contribution in [3.63, 3.8) is 0 Å². The zero-order chi connectivity index (χ0) is 16.8. The number of nitrogen functional groups attached to an aromatic ring is 1. The molecule has 1 saturated heterocycles. The maximum absolute atomic E-state index is 5.88. The first-order valence-corrected chi connectivity index (χ1v) is 8.98. The molecule has 0 bridgehead atoms. The standard InChI is InChI=1S/C21H29N3.2ClH/c1-23(15-18-6-3-2-4-7-18)16-19-10-12-24(13-11-19)17-20-8-5-9-21(22)14-20;;/h2-9,14,19H,10-13,15-17,22H2,1H3;2*1H. The lowest BCUT2D eigenvalue weighted by atomic mass is 9.95. The number of anilines is 1.